The Kier molecular flexibility index (Phi) is 10.1. The lowest BCUT2D eigenvalue weighted by atomic mass is 10.0. The number of aliphatic hydroxyl groups excluding tert-OH is 1. The lowest BCUT2D eigenvalue weighted by Crippen LogP contribution is -2.34. The summed E-state index contributed by atoms with van der Waals surface area (Å²) >= 11 is 1.42. The fraction of sp³-hybridized carbons (Fsp3) is 0.321. The number of ether oxygens (including phenoxy) is 3. The Morgan fingerprint density at radius 2 is 1.82 bits per heavy atom. The Morgan fingerprint density at radius 3 is 2.51 bits per heavy atom. The van der Waals surface area contributed by atoms with Gasteiger partial charge in [0, 0.05) is 35.6 Å². The van der Waals surface area contributed by atoms with Gasteiger partial charge in [0.2, 0.25) is 0 Å². The van der Waals surface area contributed by atoms with Crippen LogP contribution in [0, 0.1) is 5.21 Å². The van der Waals surface area contributed by atoms with Gasteiger partial charge in [-0.05, 0) is 36.2 Å². The number of hydrogen-bond acceptors (Lipinski definition) is 8. The molecule has 2 aromatic carbocycles. The quantitative estimate of drug-likeness (QED) is 0.149. The highest BCUT2D eigenvalue weighted by Gasteiger charge is 2.32. The maximum Gasteiger partial charge on any atom is 0.325 e. The van der Waals surface area contributed by atoms with Crippen LogP contribution in [0.15, 0.2) is 78.0 Å². The van der Waals surface area contributed by atoms with Crippen LogP contribution in [-0.4, -0.2) is 42.1 Å². The number of urea groups is 1. The van der Waals surface area contributed by atoms with Gasteiger partial charge in [-0.25, -0.2) is 4.79 Å². The summed E-state index contributed by atoms with van der Waals surface area (Å²) in [5.74, 6) is 0.0395. The summed E-state index contributed by atoms with van der Waals surface area (Å²) in [7, 11) is 0. The summed E-state index contributed by atoms with van der Waals surface area (Å²) in [5.41, 5.74) is 3.07. The van der Waals surface area contributed by atoms with Crippen molar-refractivity contribution in [1.82, 2.24) is 5.32 Å². The standard InChI is InChI=1S/C28H31N3O7S/c1-2-36-26(33)16-29-28(34)30-22-12-10-21(11-13-22)27-37-23(18-39-25-5-3-4-14-31(25)35)15-24(38-27)20-8-6-19(17-32)7-9-20/h3-14,23-24,27,32H,2,15-18H2,1H3,(H2,29,30,34)/t23-,24+,27+/m0/s1. The average molecular weight is 554 g/mol. The molecule has 0 radical (unpaired) electrons. The van der Waals surface area contributed by atoms with Crippen molar-refractivity contribution in [1.29, 1.82) is 0 Å². The highest BCUT2D eigenvalue weighted by atomic mass is 32.2. The minimum absolute atomic E-state index is 0.0374. The molecule has 4 rings (SSSR count). The van der Waals surface area contributed by atoms with Gasteiger partial charge >= 0.3 is 12.0 Å². The van der Waals surface area contributed by atoms with Gasteiger partial charge in [-0.1, -0.05) is 48.2 Å². The molecule has 1 aliphatic rings. The third kappa shape index (κ3) is 8.17. The van der Waals surface area contributed by atoms with Crippen LogP contribution in [-0.2, 0) is 25.6 Å². The molecule has 2 amide bonds. The van der Waals surface area contributed by atoms with Gasteiger partial charge in [-0.2, -0.15) is 4.73 Å². The molecule has 1 saturated heterocycles. The van der Waals surface area contributed by atoms with Gasteiger partial charge in [-0.15, -0.1) is 0 Å². The van der Waals surface area contributed by atoms with Gasteiger partial charge in [-0.3, -0.25) is 4.79 Å². The molecule has 0 unspecified atom stereocenters. The van der Waals surface area contributed by atoms with Crippen molar-refractivity contribution in [2.45, 2.75) is 43.5 Å². The monoisotopic (exact) mass is 553 g/mol. The number of aliphatic hydroxyl groups is 1. The first-order valence-corrected chi connectivity index (χ1v) is 13.6. The van der Waals surface area contributed by atoms with Crippen molar-refractivity contribution >= 4 is 29.4 Å². The second-order valence-corrected chi connectivity index (χ2v) is 9.80. The molecule has 206 valence electrons. The predicted octanol–water partition coefficient (Wildman–Crippen LogP) is 3.83. The number of thioether (sulfide) groups is 1. The number of aromatic nitrogens is 1. The van der Waals surface area contributed by atoms with Crippen molar-refractivity contribution in [3.8, 4) is 0 Å². The molecule has 0 aliphatic carbocycles. The zero-order chi connectivity index (χ0) is 27.6. The molecular weight excluding hydrogens is 522 g/mol. The maximum atomic E-state index is 12.1. The number of carbonyl (C=O) groups excluding carboxylic acids is 2. The fourth-order valence-corrected chi connectivity index (χ4v) is 4.92. The van der Waals surface area contributed by atoms with Crippen LogP contribution >= 0.6 is 11.8 Å². The minimum Gasteiger partial charge on any atom is -0.618 e. The van der Waals surface area contributed by atoms with Gasteiger partial charge < -0.3 is 35.2 Å². The van der Waals surface area contributed by atoms with E-state index in [4.69, 9.17) is 14.2 Å². The smallest absolute Gasteiger partial charge is 0.325 e. The first-order chi connectivity index (χ1) is 18.9. The van der Waals surface area contributed by atoms with Gasteiger partial charge in [0.05, 0.1) is 25.4 Å². The van der Waals surface area contributed by atoms with E-state index in [0.717, 1.165) is 21.4 Å². The SMILES string of the molecule is CCOC(=O)CNC(=O)Nc1ccc([C@@H]2O[C@H](CSc3cccc[n+]3[O-])C[C@H](c3ccc(CO)cc3)O2)cc1. The lowest BCUT2D eigenvalue weighted by molar-refractivity contribution is -0.645. The van der Waals surface area contributed by atoms with E-state index in [9.17, 15) is 19.9 Å². The molecule has 0 saturated carbocycles. The number of esters is 1. The summed E-state index contributed by atoms with van der Waals surface area (Å²) < 4.78 is 18.3. The number of anilines is 1. The summed E-state index contributed by atoms with van der Waals surface area (Å²) in [4.78, 5) is 23.5. The van der Waals surface area contributed by atoms with Crippen LogP contribution in [0.2, 0.25) is 0 Å². The summed E-state index contributed by atoms with van der Waals surface area (Å²) in [6.07, 6.45) is 0.919. The lowest BCUT2D eigenvalue weighted by Gasteiger charge is -2.36. The summed E-state index contributed by atoms with van der Waals surface area (Å²) in [6.45, 7) is 1.68. The number of nitrogens with one attached hydrogen (secondary N) is 2. The van der Waals surface area contributed by atoms with E-state index < -0.39 is 18.3 Å². The van der Waals surface area contributed by atoms with Crippen LogP contribution in [0.3, 0.4) is 0 Å². The molecule has 3 aromatic rings. The van der Waals surface area contributed by atoms with E-state index >= 15 is 0 Å². The number of rotatable bonds is 10. The van der Waals surface area contributed by atoms with E-state index in [-0.39, 0.29) is 32.0 Å². The second kappa shape index (κ2) is 13.9. The van der Waals surface area contributed by atoms with Gasteiger partial charge in [0.1, 0.15) is 6.54 Å². The van der Waals surface area contributed by atoms with E-state index in [1.807, 2.05) is 30.3 Å². The largest absolute Gasteiger partial charge is 0.618 e. The molecule has 1 aliphatic heterocycles. The number of amides is 2. The van der Waals surface area contributed by atoms with Crippen LogP contribution in [0.5, 0.6) is 0 Å². The Morgan fingerprint density at radius 1 is 1.08 bits per heavy atom. The molecule has 1 fully saturated rings. The van der Waals surface area contributed by atoms with Crippen LogP contribution in [0.25, 0.3) is 0 Å². The third-order valence-corrected chi connectivity index (χ3v) is 7.11. The number of nitrogens with zero attached hydrogens (tertiary/aromatic N) is 1. The Bertz CT molecular complexity index is 1240. The molecule has 11 heteroatoms. The van der Waals surface area contributed by atoms with Gasteiger partial charge in [0.25, 0.3) is 5.03 Å². The molecule has 0 bridgehead atoms. The topological polar surface area (TPSA) is 133 Å². The van der Waals surface area contributed by atoms with E-state index in [1.54, 1.807) is 43.3 Å². The van der Waals surface area contributed by atoms with Crippen LogP contribution in [0.4, 0.5) is 10.5 Å². The van der Waals surface area contributed by atoms with E-state index in [0.29, 0.717) is 22.9 Å². The molecule has 3 N–H and O–H groups in total. The number of pyridine rings is 1. The number of benzene rings is 2. The van der Waals surface area contributed by atoms with Crippen molar-refractivity contribution in [2.24, 2.45) is 0 Å². The Hall–Kier alpha value is -3.64. The molecule has 1 aromatic heterocycles. The summed E-state index contributed by atoms with van der Waals surface area (Å²) in [5, 5.41) is 27.2. The molecule has 10 nitrogen and oxygen atoms in total. The first kappa shape index (κ1) is 28.4. The highest BCUT2D eigenvalue weighted by molar-refractivity contribution is 7.99. The van der Waals surface area contributed by atoms with Crippen LogP contribution in [0.1, 0.15) is 42.4 Å². The normalized spacial score (nSPS) is 18.8. The zero-order valence-electron chi connectivity index (χ0n) is 21.4. The van der Waals surface area contributed by atoms with Crippen LogP contribution < -0.4 is 15.4 Å². The zero-order valence-corrected chi connectivity index (χ0v) is 22.3. The Labute approximate surface area is 230 Å². The third-order valence-electron chi connectivity index (χ3n) is 5.96. The first-order valence-electron chi connectivity index (χ1n) is 12.6. The summed E-state index contributed by atoms with van der Waals surface area (Å²) in [6, 6.07) is 19.4. The van der Waals surface area contributed by atoms with E-state index in [2.05, 4.69) is 10.6 Å². The predicted molar refractivity (Wildman–Crippen MR) is 145 cm³/mol. The van der Waals surface area contributed by atoms with Gasteiger partial charge in [0.15, 0.2) is 12.5 Å². The van der Waals surface area contributed by atoms with Crippen molar-refractivity contribution < 1.29 is 33.6 Å². The van der Waals surface area contributed by atoms with Crippen molar-refractivity contribution in [2.75, 3.05) is 24.2 Å². The van der Waals surface area contributed by atoms with Crippen molar-refractivity contribution in [3.05, 3.63) is 94.8 Å². The molecule has 39 heavy (non-hydrogen) atoms. The van der Waals surface area contributed by atoms with E-state index in [1.165, 1.54) is 18.0 Å². The number of hydrogen-bond donors (Lipinski definition) is 3. The molecule has 3 atom stereocenters. The minimum atomic E-state index is -0.672. The maximum absolute atomic E-state index is 12.1. The fourth-order valence-electron chi connectivity index (χ4n) is 3.99. The second-order valence-electron chi connectivity index (χ2n) is 8.76. The molecule has 2 heterocycles. The number of carbonyl (C=O) groups is 2. The van der Waals surface area contributed by atoms with Crippen molar-refractivity contribution in [3.63, 3.8) is 0 Å². The molecular formula is C28H31N3O7S. The highest BCUT2D eigenvalue weighted by Crippen LogP contribution is 2.39. The average Bonchev–Trinajstić information content (AvgIpc) is 2.96. The molecule has 0 spiro atoms. The Balaban J connectivity index is 1.44.